The fourth-order valence-corrected chi connectivity index (χ4v) is 3.37. The Morgan fingerprint density at radius 2 is 1.81 bits per heavy atom. The summed E-state index contributed by atoms with van der Waals surface area (Å²) in [6.07, 6.45) is 2.87. The number of pyridine rings is 1. The van der Waals surface area contributed by atoms with E-state index in [2.05, 4.69) is 51.4 Å². The molecule has 5 heteroatoms. The highest BCUT2D eigenvalue weighted by Gasteiger charge is 2.26. The van der Waals surface area contributed by atoms with Crippen molar-refractivity contribution >= 4 is 11.5 Å². The van der Waals surface area contributed by atoms with Gasteiger partial charge >= 0.3 is 0 Å². The highest BCUT2D eigenvalue weighted by atomic mass is 15.2. The van der Waals surface area contributed by atoms with Crippen LogP contribution in [-0.4, -0.2) is 34.1 Å². The molecule has 0 amide bonds. The largest absolute Gasteiger partial charge is 0.380 e. The van der Waals surface area contributed by atoms with Gasteiger partial charge in [0.25, 0.3) is 0 Å². The van der Waals surface area contributed by atoms with Gasteiger partial charge in [-0.3, -0.25) is 4.98 Å². The zero-order valence-corrected chi connectivity index (χ0v) is 15.2. The van der Waals surface area contributed by atoms with Crippen LogP contribution in [0, 0.1) is 13.8 Å². The van der Waals surface area contributed by atoms with Crippen LogP contribution in [-0.2, 0) is 0 Å². The summed E-state index contributed by atoms with van der Waals surface area (Å²) < 4.78 is 0. The predicted molar refractivity (Wildman–Crippen MR) is 105 cm³/mol. The van der Waals surface area contributed by atoms with Gasteiger partial charge in [0.15, 0.2) is 5.82 Å². The summed E-state index contributed by atoms with van der Waals surface area (Å²) in [7, 11) is 0. The van der Waals surface area contributed by atoms with E-state index in [4.69, 9.17) is 4.98 Å². The van der Waals surface area contributed by atoms with E-state index in [0.29, 0.717) is 11.9 Å². The lowest BCUT2D eigenvalue weighted by atomic mass is 10.2. The minimum absolute atomic E-state index is 0.422. The number of hydrogen-bond donors (Lipinski definition) is 1. The molecule has 1 N–H and O–H groups in total. The fraction of sp³-hybridized carbons (Fsp3) is 0.286. The number of benzene rings is 1. The molecule has 0 radical (unpaired) electrons. The molecule has 1 aliphatic rings. The van der Waals surface area contributed by atoms with Crippen molar-refractivity contribution in [1.82, 2.24) is 15.0 Å². The highest BCUT2D eigenvalue weighted by molar-refractivity contribution is 5.58. The lowest BCUT2D eigenvalue weighted by Crippen LogP contribution is -2.27. The third-order valence-electron chi connectivity index (χ3n) is 4.89. The minimum Gasteiger partial charge on any atom is -0.380 e. The van der Waals surface area contributed by atoms with Gasteiger partial charge in [0.2, 0.25) is 0 Å². The summed E-state index contributed by atoms with van der Waals surface area (Å²) in [5.74, 6) is 1.72. The number of nitrogens with zero attached hydrogens (tertiary/aromatic N) is 4. The summed E-state index contributed by atoms with van der Waals surface area (Å²) in [6, 6.07) is 16.6. The van der Waals surface area contributed by atoms with Crippen LogP contribution in [0.15, 0.2) is 54.7 Å². The van der Waals surface area contributed by atoms with E-state index < -0.39 is 0 Å². The van der Waals surface area contributed by atoms with Crippen molar-refractivity contribution in [2.24, 2.45) is 0 Å². The van der Waals surface area contributed by atoms with E-state index >= 15 is 0 Å². The average molecular weight is 345 g/mol. The van der Waals surface area contributed by atoms with Crippen molar-refractivity contribution in [2.75, 3.05) is 23.3 Å². The molecule has 0 aliphatic carbocycles. The average Bonchev–Trinajstić information content (AvgIpc) is 3.13. The molecule has 4 rings (SSSR count). The molecule has 1 fully saturated rings. The molecule has 1 atom stereocenters. The smallest absolute Gasteiger partial charge is 0.180 e. The maximum absolute atomic E-state index is 4.85. The Balaban J connectivity index is 1.57. The van der Waals surface area contributed by atoms with Gasteiger partial charge in [0, 0.05) is 42.3 Å². The molecular weight excluding hydrogens is 322 g/mol. The number of nitrogens with one attached hydrogen (secondary N) is 1. The molecule has 1 unspecified atom stereocenters. The first-order valence-electron chi connectivity index (χ1n) is 9.04. The standard InChI is InChI=1S/C21H23N5/c1-15-16(2)23-20(19-10-6-7-12-22-19)25-21(15)26-13-11-18(14-26)24-17-8-4-3-5-9-17/h3-10,12,18,24H,11,13-14H2,1-2H3. The van der Waals surface area contributed by atoms with Gasteiger partial charge in [0.05, 0.1) is 0 Å². The lowest BCUT2D eigenvalue weighted by Gasteiger charge is -2.21. The highest BCUT2D eigenvalue weighted by Crippen LogP contribution is 2.27. The number of hydrogen-bond acceptors (Lipinski definition) is 5. The first-order valence-corrected chi connectivity index (χ1v) is 9.04. The van der Waals surface area contributed by atoms with Gasteiger partial charge in [0.1, 0.15) is 11.5 Å². The Morgan fingerprint density at radius 1 is 1.00 bits per heavy atom. The first kappa shape index (κ1) is 16.5. The van der Waals surface area contributed by atoms with Crippen molar-refractivity contribution in [3.05, 3.63) is 66.0 Å². The predicted octanol–water partition coefficient (Wildman–Crippen LogP) is 3.85. The van der Waals surface area contributed by atoms with Crippen LogP contribution in [0.5, 0.6) is 0 Å². The third-order valence-corrected chi connectivity index (χ3v) is 4.89. The monoisotopic (exact) mass is 345 g/mol. The molecule has 3 heterocycles. The SMILES string of the molecule is Cc1nc(-c2ccccn2)nc(N2CCC(Nc3ccccc3)C2)c1C. The molecule has 132 valence electrons. The van der Waals surface area contributed by atoms with Crippen LogP contribution in [0.2, 0.25) is 0 Å². The Morgan fingerprint density at radius 3 is 2.58 bits per heavy atom. The van der Waals surface area contributed by atoms with Crippen LogP contribution < -0.4 is 10.2 Å². The first-order chi connectivity index (χ1) is 12.7. The number of aromatic nitrogens is 3. The summed E-state index contributed by atoms with van der Waals surface area (Å²) in [4.78, 5) is 16.3. The number of para-hydroxylation sites is 1. The Hall–Kier alpha value is -2.95. The Kier molecular flexibility index (Phi) is 4.52. The summed E-state index contributed by atoms with van der Waals surface area (Å²) in [6.45, 7) is 6.07. The molecule has 1 aromatic carbocycles. The normalized spacial score (nSPS) is 16.7. The zero-order chi connectivity index (χ0) is 17.9. The number of anilines is 2. The van der Waals surface area contributed by atoms with E-state index in [-0.39, 0.29) is 0 Å². The molecular formula is C21H23N5. The topological polar surface area (TPSA) is 53.9 Å². The third kappa shape index (κ3) is 3.38. The maximum Gasteiger partial charge on any atom is 0.180 e. The number of rotatable bonds is 4. The van der Waals surface area contributed by atoms with Gasteiger partial charge < -0.3 is 10.2 Å². The lowest BCUT2D eigenvalue weighted by molar-refractivity contribution is 0.805. The second kappa shape index (κ2) is 7.12. The van der Waals surface area contributed by atoms with Gasteiger partial charge in [-0.1, -0.05) is 24.3 Å². The van der Waals surface area contributed by atoms with Crippen LogP contribution in [0.1, 0.15) is 17.7 Å². The Labute approximate surface area is 154 Å². The van der Waals surface area contributed by atoms with E-state index in [0.717, 1.165) is 42.3 Å². The fourth-order valence-electron chi connectivity index (χ4n) is 3.37. The van der Waals surface area contributed by atoms with Gasteiger partial charge in [-0.05, 0) is 44.5 Å². The maximum atomic E-state index is 4.85. The molecule has 1 saturated heterocycles. The van der Waals surface area contributed by atoms with Crippen LogP contribution in [0.25, 0.3) is 11.5 Å². The minimum atomic E-state index is 0.422. The molecule has 0 spiro atoms. The zero-order valence-electron chi connectivity index (χ0n) is 15.2. The molecule has 5 nitrogen and oxygen atoms in total. The summed E-state index contributed by atoms with van der Waals surface area (Å²) >= 11 is 0. The van der Waals surface area contributed by atoms with Crippen LogP contribution in [0.3, 0.4) is 0 Å². The van der Waals surface area contributed by atoms with Crippen molar-refractivity contribution in [2.45, 2.75) is 26.3 Å². The molecule has 2 aromatic heterocycles. The molecule has 0 saturated carbocycles. The van der Waals surface area contributed by atoms with E-state index in [9.17, 15) is 0 Å². The van der Waals surface area contributed by atoms with Gasteiger partial charge in [-0.25, -0.2) is 9.97 Å². The van der Waals surface area contributed by atoms with Gasteiger partial charge in [-0.2, -0.15) is 0 Å². The van der Waals surface area contributed by atoms with E-state index in [1.807, 2.05) is 31.2 Å². The molecule has 26 heavy (non-hydrogen) atoms. The van der Waals surface area contributed by atoms with Gasteiger partial charge in [-0.15, -0.1) is 0 Å². The quantitative estimate of drug-likeness (QED) is 0.778. The molecule has 0 bridgehead atoms. The van der Waals surface area contributed by atoms with Crippen LogP contribution in [0.4, 0.5) is 11.5 Å². The number of aryl methyl sites for hydroxylation is 1. The Bertz CT molecular complexity index is 880. The summed E-state index contributed by atoms with van der Waals surface area (Å²) in [5, 5.41) is 3.62. The second-order valence-corrected chi connectivity index (χ2v) is 6.74. The van der Waals surface area contributed by atoms with Crippen molar-refractivity contribution in [3.63, 3.8) is 0 Å². The van der Waals surface area contributed by atoms with Crippen molar-refractivity contribution < 1.29 is 0 Å². The van der Waals surface area contributed by atoms with Crippen LogP contribution >= 0.6 is 0 Å². The van der Waals surface area contributed by atoms with Crippen molar-refractivity contribution in [3.8, 4) is 11.5 Å². The van der Waals surface area contributed by atoms with E-state index in [1.165, 1.54) is 5.69 Å². The van der Waals surface area contributed by atoms with E-state index in [1.54, 1.807) is 6.20 Å². The summed E-state index contributed by atoms with van der Waals surface area (Å²) in [5.41, 5.74) is 4.14. The molecule has 1 aliphatic heterocycles. The van der Waals surface area contributed by atoms with Crippen molar-refractivity contribution in [1.29, 1.82) is 0 Å². The molecule has 3 aromatic rings. The second-order valence-electron chi connectivity index (χ2n) is 6.74.